The fourth-order valence-corrected chi connectivity index (χ4v) is 0.365. The molecule has 0 aromatic heterocycles. The Morgan fingerprint density at radius 3 is 2.36 bits per heavy atom. The molecule has 0 rings (SSSR count). The molecule has 0 aliphatic rings. The van der Waals surface area contributed by atoms with Crippen LogP contribution in [-0.2, 0) is 0 Å². The van der Waals surface area contributed by atoms with Gasteiger partial charge in [0.05, 0.1) is 0 Å². The lowest BCUT2D eigenvalue weighted by Crippen LogP contribution is -1.74. The van der Waals surface area contributed by atoms with Gasteiger partial charge in [-0.2, -0.15) is 0 Å². The molecular formula is C8H13N3. The Bertz CT molecular complexity index is 195. The van der Waals surface area contributed by atoms with E-state index in [1.165, 1.54) is 6.34 Å². The minimum Gasteiger partial charge on any atom is -0.265 e. The molecule has 0 saturated heterocycles. The van der Waals surface area contributed by atoms with Crippen LogP contribution in [0, 0.1) is 0 Å². The van der Waals surface area contributed by atoms with E-state index in [1.807, 2.05) is 20.8 Å². The van der Waals surface area contributed by atoms with Crippen molar-refractivity contribution in [3.8, 4) is 0 Å². The van der Waals surface area contributed by atoms with Gasteiger partial charge in [-0.25, -0.2) is 9.98 Å². The molecule has 3 heteroatoms. The third kappa shape index (κ3) is 8.75. The molecule has 0 amide bonds. The summed E-state index contributed by atoms with van der Waals surface area (Å²) in [5.74, 6) is 0. The van der Waals surface area contributed by atoms with Crippen molar-refractivity contribution in [2.75, 3.05) is 0 Å². The van der Waals surface area contributed by atoms with E-state index < -0.39 is 0 Å². The third-order valence-corrected chi connectivity index (χ3v) is 0.768. The van der Waals surface area contributed by atoms with Gasteiger partial charge >= 0.3 is 0 Å². The van der Waals surface area contributed by atoms with E-state index in [2.05, 4.69) is 15.0 Å². The molecular weight excluding hydrogens is 138 g/mol. The van der Waals surface area contributed by atoms with Gasteiger partial charge in [0, 0.05) is 24.3 Å². The first-order chi connectivity index (χ1) is 5.27. The van der Waals surface area contributed by atoms with E-state index in [9.17, 15) is 0 Å². The first-order valence-electron chi connectivity index (χ1n) is 3.43. The van der Waals surface area contributed by atoms with Crippen LogP contribution in [0.25, 0.3) is 0 Å². The average molecular weight is 151 g/mol. The van der Waals surface area contributed by atoms with Crippen LogP contribution in [-0.4, -0.2) is 18.3 Å². The molecule has 11 heavy (non-hydrogen) atoms. The zero-order valence-electron chi connectivity index (χ0n) is 7.15. The lowest BCUT2D eigenvalue weighted by molar-refractivity contribution is 1.44. The maximum absolute atomic E-state index is 3.99. The van der Waals surface area contributed by atoms with Gasteiger partial charge in [-0.05, 0) is 20.8 Å². The summed E-state index contributed by atoms with van der Waals surface area (Å²) < 4.78 is 0. The van der Waals surface area contributed by atoms with Crippen LogP contribution in [0.1, 0.15) is 20.8 Å². The second-order valence-electron chi connectivity index (χ2n) is 2.05. The fourth-order valence-electron chi connectivity index (χ4n) is 0.365. The number of aliphatic imine (C=N–C) groups is 3. The molecule has 0 aromatic carbocycles. The van der Waals surface area contributed by atoms with Gasteiger partial charge in [0.25, 0.3) is 0 Å². The Morgan fingerprint density at radius 1 is 1.09 bits per heavy atom. The van der Waals surface area contributed by atoms with E-state index in [4.69, 9.17) is 0 Å². The maximum atomic E-state index is 3.99. The molecule has 0 radical (unpaired) electrons. The molecule has 0 heterocycles. The molecule has 0 N–H and O–H groups in total. The zero-order valence-corrected chi connectivity index (χ0v) is 7.15. The molecule has 0 aromatic rings. The number of hydrogen-bond donors (Lipinski definition) is 0. The van der Waals surface area contributed by atoms with Crippen LogP contribution in [0.2, 0.25) is 0 Å². The highest BCUT2D eigenvalue weighted by Gasteiger charge is 1.68. The predicted molar refractivity (Wildman–Crippen MR) is 50.6 cm³/mol. The van der Waals surface area contributed by atoms with Crippen LogP contribution < -0.4 is 0 Å². The van der Waals surface area contributed by atoms with Crippen molar-refractivity contribution in [1.82, 2.24) is 0 Å². The smallest absolute Gasteiger partial charge is 0.114 e. The Kier molecular flexibility index (Phi) is 6.08. The summed E-state index contributed by atoms with van der Waals surface area (Å²) in [5.41, 5.74) is 1.01. The minimum atomic E-state index is 1.01. The van der Waals surface area contributed by atoms with Crippen molar-refractivity contribution >= 4 is 18.3 Å². The zero-order chi connectivity index (χ0) is 8.53. The quantitative estimate of drug-likeness (QED) is 0.437. The monoisotopic (exact) mass is 151 g/mol. The topological polar surface area (TPSA) is 37.1 Å². The normalized spacial score (nSPS) is 11.9. The summed E-state index contributed by atoms with van der Waals surface area (Å²) in [6.45, 7) is 5.70. The molecule has 0 atom stereocenters. The predicted octanol–water partition coefficient (Wildman–Crippen LogP) is 2.06. The van der Waals surface area contributed by atoms with Gasteiger partial charge in [0.15, 0.2) is 0 Å². The van der Waals surface area contributed by atoms with Crippen LogP contribution >= 0.6 is 0 Å². The van der Waals surface area contributed by atoms with Crippen molar-refractivity contribution in [1.29, 1.82) is 0 Å². The summed E-state index contributed by atoms with van der Waals surface area (Å²) in [5, 5.41) is 0. The molecule has 60 valence electrons. The Hall–Kier alpha value is -1.25. The van der Waals surface area contributed by atoms with Crippen LogP contribution in [0.15, 0.2) is 27.4 Å². The SMILES string of the molecule is CC=NC=N/C=C/N=C(C)C. The van der Waals surface area contributed by atoms with Crippen molar-refractivity contribution in [3.63, 3.8) is 0 Å². The first-order valence-corrected chi connectivity index (χ1v) is 3.43. The largest absolute Gasteiger partial charge is 0.265 e. The summed E-state index contributed by atoms with van der Waals surface area (Å²) in [6.07, 6.45) is 6.37. The second kappa shape index (κ2) is 6.86. The summed E-state index contributed by atoms with van der Waals surface area (Å²) >= 11 is 0. The van der Waals surface area contributed by atoms with Gasteiger partial charge in [-0.15, -0.1) is 0 Å². The van der Waals surface area contributed by atoms with Crippen LogP contribution in [0.5, 0.6) is 0 Å². The molecule has 0 bridgehead atoms. The van der Waals surface area contributed by atoms with Crippen molar-refractivity contribution in [2.45, 2.75) is 20.8 Å². The highest BCUT2D eigenvalue weighted by atomic mass is 14.8. The van der Waals surface area contributed by atoms with E-state index in [0.29, 0.717) is 0 Å². The molecule has 0 aliphatic carbocycles. The number of rotatable bonds is 3. The van der Waals surface area contributed by atoms with Gasteiger partial charge in [-0.1, -0.05) is 0 Å². The van der Waals surface area contributed by atoms with Gasteiger partial charge in [0.2, 0.25) is 0 Å². The van der Waals surface area contributed by atoms with Crippen LogP contribution in [0.4, 0.5) is 0 Å². The average Bonchev–Trinajstić information content (AvgIpc) is 1.96. The highest BCUT2D eigenvalue weighted by Crippen LogP contribution is 1.79. The van der Waals surface area contributed by atoms with Gasteiger partial charge in [-0.3, -0.25) is 4.99 Å². The Morgan fingerprint density at radius 2 is 1.82 bits per heavy atom. The molecule has 0 saturated carbocycles. The summed E-state index contributed by atoms with van der Waals surface area (Å²) in [6, 6.07) is 0. The molecule has 0 fully saturated rings. The van der Waals surface area contributed by atoms with Crippen molar-refractivity contribution in [3.05, 3.63) is 12.4 Å². The molecule has 0 aliphatic heterocycles. The van der Waals surface area contributed by atoms with E-state index in [1.54, 1.807) is 18.6 Å². The Labute approximate surface area is 67.3 Å². The van der Waals surface area contributed by atoms with Gasteiger partial charge < -0.3 is 0 Å². The molecule has 0 spiro atoms. The van der Waals surface area contributed by atoms with Crippen molar-refractivity contribution < 1.29 is 0 Å². The summed E-state index contributed by atoms with van der Waals surface area (Å²) in [7, 11) is 0. The first kappa shape index (κ1) is 9.75. The van der Waals surface area contributed by atoms with E-state index in [-0.39, 0.29) is 0 Å². The minimum absolute atomic E-state index is 1.01. The lowest BCUT2D eigenvalue weighted by atomic mass is 10.5. The summed E-state index contributed by atoms with van der Waals surface area (Å²) in [4.78, 5) is 11.6. The molecule has 3 nitrogen and oxygen atoms in total. The highest BCUT2D eigenvalue weighted by molar-refractivity contribution is 5.79. The van der Waals surface area contributed by atoms with Crippen LogP contribution in [0.3, 0.4) is 0 Å². The third-order valence-electron chi connectivity index (χ3n) is 0.768. The number of nitrogens with zero attached hydrogens (tertiary/aromatic N) is 3. The van der Waals surface area contributed by atoms with Crippen molar-refractivity contribution in [2.24, 2.45) is 15.0 Å². The standard InChI is InChI=1S/C8H13N3/c1-4-9-7-10-5-6-11-8(2)3/h4-7H,1-3H3/b6-5+,9-4?,10-7?. The maximum Gasteiger partial charge on any atom is 0.114 e. The lowest BCUT2D eigenvalue weighted by Gasteiger charge is -1.79. The fraction of sp³-hybridized carbons (Fsp3) is 0.375. The Balaban J connectivity index is 3.69. The number of hydrogen-bond acceptors (Lipinski definition) is 2. The molecule has 0 unspecified atom stereocenters. The van der Waals surface area contributed by atoms with E-state index >= 15 is 0 Å². The second-order valence-corrected chi connectivity index (χ2v) is 2.05. The van der Waals surface area contributed by atoms with Gasteiger partial charge in [0.1, 0.15) is 6.34 Å². The van der Waals surface area contributed by atoms with E-state index in [0.717, 1.165) is 5.71 Å².